The first-order valence-electron chi connectivity index (χ1n) is 4.91. The summed E-state index contributed by atoms with van der Waals surface area (Å²) in [6.07, 6.45) is 0. The molecule has 15 heavy (non-hydrogen) atoms. The second-order valence-corrected chi connectivity index (χ2v) is 3.24. The fraction of sp³-hybridized carbons (Fsp3) is 0.154. The van der Waals surface area contributed by atoms with E-state index in [9.17, 15) is 0 Å². The van der Waals surface area contributed by atoms with Gasteiger partial charge >= 0.3 is 0 Å². The molecule has 0 bridgehead atoms. The van der Waals surface area contributed by atoms with Gasteiger partial charge in [0.2, 0.25) is 0 Å². The van der Waals surface area contributed by atoms with Crippen LogP contribution in [0.5, 0.6) is 5.75 Å². The average Bonchev–Trinajstić information content (AvgIpc) is 2.28. The van der Waals surface area contributed by atoms with Crippen LogP contribution in [0.15, 0.2) is 36.4 Å². The SMILES string of the molecule is CCOc1cc(C#N)c2ccccc2c1. The third kappa shape index (κ3) is 1.77. The summed E-state index contributed by atoms with van der Waals surface area (Å²) in [5.41, 5.74) is 0.663. The van der Waals surface area contributed by atoms with E-state index in [0.29, 0.717) is 12.2 Å². The van der Waals surface area contributed by atoms with Crippen molar-refractivity contribution in [2.24, 2.45) is 0 Å². The van der Waals surface area contributed by atoms with Crippen molar-refractivity contribution in [1.29, 1.82) is 5.26 Å². The van der Waals surface area contributed by atoms with E-state index in [1.165, 1.54) is 0 Å². The third-order valence-electron chi connectivity index (χ3n) is 2.27. The highest BCUT2D eigenvalue weighted by atomic mass is 16.5. The van der Waals surface area contributed by atoms with Crippen LogP contribution in [0.25, 0.3) is 10.8 Å². The first-order chi connectivity index (χ1) is 7.35. The number of nitriles is 1. The standard InChI is InChI=1S/C13H11NO/c1-2-15-12-7-10-5-3-4-6-13(10)11(8-12)9-14/h3-8H,2H2,1H3. The molecule has 0 spiro atoms. The number of rotatable bonds is 2. The summed E-state index contributed by atoms with van der Waals surface area (Å²) in [6, 6.07) is 13.8. The summed E-state index contributed by atoms with van der Waals surface area (Å²) in [5.74, 6) is 0.757. The van der Waals surface area contributed by atoms with Gasteiger partial charge in [-0.05, 0) is 29.8 Å². The first kappa shape index (κ1) is 9.54. The number of ether oxygens (including phenoxy) is 1. The molecule has 0 aromatic heterocycles. The van der Waals surface area contributed by atoms with Crippen molar-refractivity contribution in [3.63, 3.8) is 0 Å². The molecule has 0 fully saturated rings. The molecule has 0 unspecified atom stereocenters. The van der Waals surface area contributed by atoms with E-state index in [1.807, 2.05) is 37.3 Å². The molecule has 0 aliphatic carbocycles. The molecule has 0 heterocycles. The Morgan fingerprint density at radius 3 is 2.80 bits per heavy atom. The van der Waals surface area contributed by atoms with E-state index in [-0.39, 0.29) is 0 Å². The third-order valence-corrected chi connectivity index (χ3v) is 2.27. The Balaban J connectivity index is 2.67. The van der Waals surface area contributed by atoms with Crippen LogP contribution < -0.4 is 4.74 Å². The largest absolute Gasteiger partial charge is 0.494 e. The zero-order valence-corrected chi connectivity index (χ0v) is 8.53. The van der Waals surface area contributed by atoms with Crippen LogP contribution in [0.4, 0.5) is 0 Å². The Hall–Kier alpha value is -2.01. The van der Waals surface area contributed by atoms with Crippen LogP contribution in [0.1, 0.15) is 12.5 Å². The Morgan fingerprint density at radius 2 is 2.07 bits per heavy atom. The number of hydrogen-bond acceptors (Lipinski definition) is 2. The molecule has 2 rings (SSSR count). The predicted octanol–water partition coefficient (Wildman–Crippen LogP) is 3.11. The lowest BCUT2D eigenvalue weighted by atomic mass is 10.1. The maximum absolute atomic E-state index is 9.02. The van der Waals surface area contributed by atoms with Gasteiger partial charge in [0.05, 0.1) is 18.2 Å². The number of fused-ring (bicyclic) bond motifs is 1. The van der Waals surface area contributed by atoms with Gasteiger partial charge in [0.25, 0.3) is 0 Å². The average molecular weight is 197 g/mol. The number of hydrogen-bond donors (Lipinski definition) is 0. The molecule has 0 aliphatic heterocycles. The minimum atomic E-state index is 0.614. The van der Waals surface area contributed by atoms with Crippen molar-refractivity contribution in [1.82, 2.24) is 0 Å². The summed E-state index contributed by atoms with van der Waals surface area (Å²) < 4.78 is 5.41. The molecule has 2 nitrogen and oxygen atoms in total. The Bertz CT molecular complexity index is 526. The molecular weight excluding hydrogens is 186 g/mol. The summed E-state index contributed by atoms with van der Waals surface area (Å²) in [5, 5.41) is 11.0. The van der Waals surface area contributed by atoms with Gasteiger partial charge in [-0.3, -0.25) is 0 Å². The van der Waals surface area contributed by atoms with E-state index in [2.05, 4.69) is 6.07 Å². The monoisotopic (exact) mass is 197 g/mol. The highest BCUT2D eigenvalue weighted by Gasteiger charge is 2.03. The van der Waals surface area contributed by atoms with E-state index in [4.69, 9.17) is 10.00 Å². The molecule has 74 valence electrons. The maximum Gasteiger partial charge on any atom is 0.121 e. The van der Waals surface area contributed by atoms with Crippen molar-refractivity contribution in [2.75, 3.05) is 6.61 Å². The zero-order valence-electron chi connectivity index (χ0n) is 8.53. The molecule has 2 aromatic rings. The summed E-state index contributed by atoms with van der Waals surface area (Å²) >= 11 is 0. The normalized spacial score (nSPS) is 9.87. The highest BCUT2D eigenvalue weighted by Crippen LogP contribution is 2.24. The fourth-order valence-corrected chi connectivity index (χ4v) is 1.63. The van der Waals surface area contributed by atoms with Crippen molar-refractivity contribution < 1.29 is 4.74 Å². The van der Waals surface area contributed by atoms with Gasteiger partial charge in [0.1, 0.15) is 5.75 Å². The quantitative estimate of drug-likeness (QED) is 0.741. The summed E-state index contributed by atoms with van der Waals surface area (Å²) in [7, 11) is 0. The Morgan fingerprint density at radius 1 is 1.27 bits per heavy atom. The number of nitrogens with zero attached hydrogens (tertiary/aromatic N) is 1. The fourth-order valence-electron chi connectivity index (χ4n) is 1.63. The van der Waals surface area contributed by atoms with E-state index in [0.717, 1.165) is 16.5 Å². The van der Waals surface area contributed by atoms with Crippen LogP contribution in [0.2, 0.25) is 0 Å². The van der Waals surface area contributed by atoms with Gasteiger partial charge in [-0.15, -0.1) is 0 Å². The molecule has 0 saturated carbocycles. The molecular formula is C13H11NO. The van der Waals surface area contributed by atoms with Crippen molar-refractivity contribution in [3.8, 4) is 11.8 Å². The highest BCUT2D eigenvalue weighted by molar-refractivity contribution is 5.89. The van der Waals surface area contributed by atoms with Crippen molar-refractivity contribution >= 4 is 10.8 Å². The van der Waals surface area contributed by atoms with E-state index in [1.54, 1.807) is 6.07 Å². The van der Waals surface area contributed by atoms with Gasteiger partial charge in [0.15, 0.2) is 0 Å². The minimum Gasteiger partial charge on any atom is -0.494 e. The number of benzene rings is 2. The Labute approximate surface area is 88.7 Å². The summed E-state index contributed by atoms with van der Waals surface area (Å²) in [6.45, 7) is 2.55. The molecule has 0 atom stereocenters. The molecule has 2 heteroatoms. The van der Waals surface area contributed by atoms with Crippen LogP contribution in [-0.2, 0) is 0 Å². The Kier molecular flexibility index (Phi) is 2.55. The predicted molar refractivity (Wildman–Crippen MR) is 59.8 cm³/mol. The molecule has 0 saturated heterocycles. The second kappa shape index (κ2) is 4.02. The lowest BCUT2D eigenvalue weighted by Gasteiger charge is -2.06. The minimum absolute atomic E-state index is 0.614. The van der Waals surface area contributed by atoms with Gasteiger partial charge in [-0.1, -0.05) is 24.3 Å². The lowest BCUT2D eigenvalue weighted by Crippen LogP contribution is -1.92. The molecule has 0 amide bonds. The smallest absolute Gasteiger partial charge is 0.121 e. The van der Waals surface area contributed by atoms with Gasteiger partial charge in [-0.2, -0.15) is 5.26 Å². The van der Waals surface area contributed by atoms with Gasteiger partial charge in [0, 0.05) is 0 Å². The summed E-state index contributed by atoms with van der Waals surface area (Å²) in [4.78, 5) is 0. The zero-order chi connectivity index (χ0) is 10.7. The van der Waals surface area contributed by atoms with Crippen LogP contribution in [0, 0.1) is 11.3 Å². The van der Waals surface area contributed by atoms with Crippen LogP contribution >= 0.6 is 0 Å². The lowest BCUT2D eigenvalue weighted by molar-refractivity contribution is 0.340. The first-order valence-corrected chi connectivity index (χ1v) is 4.91. The van der Waals surface area contributed by atoms with Gasteiger partial charge in [-0.25, -0.2) is 0 Å². The van der Waals surface area contributed by atoms with Crippen LogP contribution in [0.3, 0.4) is 0 Å². The van der Waals surface area contributed by atoms with E-state index < -0.39 is 0 Å². The second-order valence-electron chi connectivity index (χ2n) is 3.24. The molecule has 0 radical (unpaired) electrons. The molecule has 0 N–H and O–H groups in total. The van der Waals surface area contributed by atoms with E-state index >= 15 is 0 Å². The molecule has 0 aliphatic rings. The maximum atomic E-state index is 9.02. The van der Waals surface area contributed by atoms with Crippen LogP contribution in [-0.4, -0.2) is 6.61 Å². The topological polar surface area (TPSA) is 33.0 Å². The van der Waals surface area contributed by atoms with Crippen molar-refractivity contribution in [3.05, 3.63) is 42.0 Å². The van der Waals surface area contributed by atoms with Gasteiger partial charge < -0.3 is 4.74 Å². The molecule has 2 aromatic carbocycles. The van der Waals surface area contributed by atoms with Crippen molar-refractivity contribution in [2.45, 2.75) is 6.92 Å².